The summed E-state index contributed by atoms with van der Waals surface area (Å²) in [5, 5.41) is 5.79. The predicted octanol–water partition coefficient (Wildman–Crippen LogP) is 2.80. The fraction of sp³-hybridized carbons (Fsp3) is 0.286. The fourth-order valence-electron chi connectivity index (χ4n) is 3.41. The molecule has 0 saturated heterocycles. The molecule has 26 heavy (non-hydrogen) atoms. The molecule has 1 aliphatic rings. The molecule has 0 aliphatic heterocycles. The average Bonchev–Trinajstić information content (AvgIpc) is 3.16. The molecule has 5 heteroatoms. The predicted molar refractivity (Wildman–Crippen MR) is 101 cm³/mol. The molecule has 134 valence electrons. The van der Waals surface area contributed by atoms with Crippen molar-refractivity contribution in [2.45, 2.75) is 31.2 Å². The summed E-state index contributed by atoms with van der Waals surface area (Å²) in [6, 6.07) is 13.7. The largest absolute Gasteiger partial charge is 0.345 e. The van der Waals surface area contributed by atoms with Gasteiger partial charge < -0.3 is 10.6 Å². The van der Waals surface area contributed by atoms with Gasteiger partial charge >= 0.3 is 0 Å². The lowest BCUT2D eigenvalue weighted by Gasteiger charge is -2.31. The van der Waals surface area contributed by atoms with Crippen LogP contribution in [-0.2, 0) is 15.1 Å². The van der Waals surface area contributed by atoms with Gasteiger partial charge in [0.25, 0.3) is 0 Å². The minimum Gasteiger partial charge on any atom is -0.345 e. The van der Waals surface area contributed by atoms with E-state index in [-0.39, 0.29) is 23.9 Å². The lowest BCUT2D eigenvalue weighted by atomic mass is 9.88. The van der Waals surface area contributed by atoms with E-state index in [0.717, 1.165) is 36.8 Å². The summed E-state index contributed by atoms with van der Waals surface area (Å²) in [7, 11) is 0. The van der Waals surface area contributed by atoms with Gasteiger partial charge in [-0.05, 0) is 36.1 Å². The van der Waals surface area contributed by atoms with Gasteiger partial charge in [0.05, 0.1) is 12.1 Å². The van der Waals surface area contributed by atoms with Crippen molar-refractivity contribution in [1.82, 2.24) is 15.6 Å². The van der Waals surface area contributed by atoms with Crippen LogP contribution in [0.5, 0.6) is 0 Å². The van der Waals surface area contributed by atoms with Crippen LogP contribution in [0.25, 0.3) is 6.08 Å². The quantitative estimate of drug-likeness (QED) is 0.788. The Balaban J connectivity index is 1.54. The van der Waals surface area contributed by atoms with Crippen molar-refractivity contribution >= 4 is 17.9 Å². The van der Waals surface area contributed by atoms with Gasteiger partial charge in [-0.2, -0.15) is 0 Å². The van der Waals surface area contributed by atoms with Crippen LogP contribution in [0.4, 0.5) is 0 Å². The molecule has 0 unspecified atom stereocenters. The van der Waals surface area contributed by atoms with Crippen molar-refractivity contribution in [3.63, 3.8) is 0 Å². The van der Waals surface area contributed by atoms with E-state index in [9.17, 15) is 9.59 Å². The Kier molecular flexibility index (Phi) is 5.79. The Bertz CT molecular complexity index is 766. The van der Waals surface area contributed by atoms with E-state index in [4.69, 9.17) is 0 Å². The monoisotopic (exact) mass is 349 g/mol. The van der Waals surface area contributed by atoms with Crippen LogP contribution >= 0.6 is 0 Å². The fourth-order valence-corrected chi connectivity index (χ4v) is 3.41. The van der Waals surface area contributed by atoms with Gasteiger partial charge in [0.1, 0.15) is 0 Å². The summed E-state index contributed by atoms with van der Waals surface area (Å²) in [5.41, 5.74) is 1.66. The van der Waals surface area contributed by atoms with Gasteiger partial charge in [-0.15, -0.1) is 0 Å². The van der Waals surface area contributed by atoms with Gasteiger partial charge in [0.15, 0.2) is 0 Å². The standard InChI is InChI=1S/C21H23N3O2/c25-19(11-10-17-7-6-14-22-15-17)23-16-20(26)24-21(12-4-5-13-21)18-8-2-1-3-9-18/h1-3,6-11,14-15H,4-5,12-13,16H2,(H,23,25)(H,24,26). The topological polar surface area (TPSA) is 71.1 Å². The third-order valence-electron chi connectivity index (χ3n) is 4.70. The van der Waals surface area contributed by atoms with Crippen molar-refractivity contribution in [2.75, 3.05) is 6.54 Å². The van der Waals surface area contributed by atoms with Crippen molar-refractivity contribution in [3.8, 4) is 0 Å². The second-order valence-electron chi connectivity index (χ2n) is 6.54. The highest BCUT2D eigenvalue weighted by atomic mass is 16.2. The Hall–Kier alpha value is -2.95. The summed E-state index contributed by atoms with van der Waals surface area (Å²) in [4.78, 5) is 28.3. The van der Waals surface area contributed by atoms with E-state index in [0.29, 0.717) is 0 Å². The Labute approximate surface area is 153 Å². The maximum Gasteiger partial charge on any atom is 0.244 e. The minimum atomic E-state index is -0.311. The molecule has 1 aliphatic carbocycles. The second-order valence-corrected chi connectivity index (χ2v) is 6.54. The summed E-state index contributed by atoms with van der Waals surface area (Å²) >= 11 is 0. The second kappa shape index (κ2) is 8.43. The van der Waals surface area contributed by atoms with Gasteiger partial charge in [0, 0.05) is 18.5 Å². The number of pyridine rings is 1. The molecular formula is C21H23N3O2. The molecule has 1 heterocycles. The first-order valence-electron chi connectivity index (χ1n) is 8.90. The van der Waals surface area contributed by atoms with E-state index in [1.807, 2.05) is 24.3 Å². The molecule has 2 N–H and O–H groups in total. The van der Waals surface area contributed by atoms with Crippen molar-refractivity contribution < 1.29 is 9.59 Å². The van der Waals surface area contributed by atoms with E-state index in [1.54, 1.807) is 24.5 Å². The van der Waals surface area contributed by atoms with E-state index in [1.165, 1.54) is 6.08 Å². The van der Waals surface area contributed by atoms with E-state index in [2.05, 4.69) is 27.8 Å². The van der Waals surface area contributed by atoms with E-state index < -0.39 is 0 Å². The molecular weight excluding hydrogens is 326 g/mol. The summed E-state index contributed by atoms with van der Waals surface area (Å²) in [6.07, 6.45) is 10.5. The maximum atomic E-state index is 12.4. The number of benzene rings is 1. The lowest BCUT2D eigenvalue weighted by molar-refractivity contribution is -0.125. The number of carbonyl (C=O) groups is 2. The number of nitrogens with one attached hydrogen (secondary N) is 2. The number of hydrogen-bond donors (Lipinski definition) is 2. The third-order valence-corrected chi connectivity index (χ3v) is 4.70. The molecule has 1 aromatic carbocycles. The van der Waals surface area contributed by atoms with Crippen LogP contribution in [0.1, 0.15) is 36.8 Å². The zero-order valence-corrected chi connectivity index (χ0v) is 14.7. The smallest absolute Gasteiger partial charge is 0.244 e. The Morgan fingerprint density at radius 3 is 2.54 bits per heavy atom. The molecule has 1 fully saturated rings. The van der Waals surface area contributed by atoms with Crippen molar-refractivity contribution in [1.29, 1.82) is 0 Å². The van der Waals surface area contributed by atoms with Crippen LogP contribution in [0, 0.1) is 0 Å². The van der Waals surface area contributed by atoms with Gasteiger partial charge in [-0.25, -0.2) is 0 Å². The molecule has 2 amide bonds. The Morgan fingerprint density at radius 2 is 1.85 bits per heavy atom. The SMILES string of the molecule is O=C(C=Cc1cccnc1)NCC(=O)NC1(c2ccccc2)CCCC1. The highest BCUT2D eigenvalue weighted by Crippen LogP contribution is 2.38. The summed E-state index contributed by atoms with van der Waals surface area (Å²) < 4.78 is 0. The first-order valence-corrected chi connectivity index (χ1v) is 8.90. The number of rotatable bonds is 6. The molecule has 0 radical (unpaired) electrons. The van der Waals surface area contributed by atoms with Crippen LogP contribution in [0.15, 0.2) is 60.9 Å². The van der Waals surface area contributed by atoms with Gasteiger partial charge in [0.2, 0.25) is 11.8 Å². The van der Waals surface area contributed by atoms with Crippen molar-refractivity contribution in [3.05, 3.63) is 72.1 Å². The number of carbonyl (C=O) groups excluding carboxylic acids is 2. The zero-order valence-electron chi connectivity index (χ0n) is 14.7. The van der Waals surface area contributed by atoms with Crippen LogP contribution in [0.3, 0.4) is 0 Å². The van der Waals surface area contributed by atoms with Crippen LogP contribution < -0.4 is 10.6 Å². The third kappa shape index (κ3) is 4.57. The molecule has 2 aromatic rings. The minimum absolute atomic E-state index is 0.0369. The Morgan fingerprint density at radius 1 is 1.08 bits per heavy atom. The molecule has 1 saturated carbocycles. The first-order chi connectivity index (χ1) is 12.7. The molecule has 3 rings (SSSR count). The highest BCUT2D eigenvalue weighted by molar-refractivity contribution is 5.94. The van der Waals surface area contributed by atoms with Gasteiger partial charge in [-0.3, -0.25) is 14.6 Å². The molecule has 5 nitrogen and oxygen atoms in total. The van der Waals surface area contributed by atoms with Crippen molar-refractivity contribution in [2.24, 2.45) is 0 Å². The number of nitrogens with zero attached hydrogens (tertiary/aromatic N) is 1. The van der Waals surface area contributed by atoms with Crippen LogP contribution in [-0.4, -0.2) is 23.3 Å². The van der Waals surface area contributed by atoms with Gasteiger partial charge in [-0.1, -0.05) is 49.2 Å². The number of hydrogen-bond acceptors (Lipinski definition) is 3. The maximum absolute atomic E-state index is 12.4. The normalized spacial score (nSPS) is 15.7. The van der Waals surface area contributed by atoms with Crippen LogP contribution in [0.2, 0.25) is 0 Å². The number of amides is 2. The molecule has 0 spiro atoms. The molecule has 0 atom stereocenters. The first kappa shape index (κ1) is 17.9. The molecule has 0 bridgehead atoms. The average molecular weight is 349 g/mol. The summed E-state index contributed by atoms with van der Waals surface area (Å²) in [6.45, 7) is -0.0369. The zero-order chi connectivity index (χ0) is 18.2. The van der Waals surface area contributed by atoms with E-state index >= 15 is 0 Å². The number of aromatic nitrogens is 1. The highest BCUT2D eigenvalue weighted by Gasteiger charge is 2.36. The lowest BCUT2D eigenvalue weighted by Crippen LogP contribution is -2.47. The molecule has 1 aromatic heterocycles. The summed E-state index contributed by atoms with van der Waals surface area (Å²) in [5.74, 6) is -0.469.